The van der Waals surface area contributed by atoms with Crippen LogP contribution in [-0.4, -0.2) is 10.2 Å². The van der Waals surface area contributed by atoms with E-state index < -0.39 is 11.2 Å². The Morgan fingerprint density at radius 2 is 2.17 bits per heavy atom. The van der Waals surface area contributed by atoms with Crippen molar-refractivity contribution in [1.82, 2.24) is 10.2 Å². The zero-order valence-electron chi connectivity index (χ0n) is 9.77. The third-order valence-electron chi connectivity index (χ3n) is 3.15. The number of hydrogen-bond acceptors (Lipinski definition) is 4. The number of rotatable bonds is 2. The average Bonchev–Trinajstić information content (AvgIpc) is 3.02. The van der Waals surface area contributed by atoms with E-state index in [0.717, 1.165) is 18.4 Å². The lowest BCUT2D eigenvalue weighted by atomic mass is 10.1. The van der Waals surface area contributed by atoms with Crippen LogP contribution >= 0.6 is 0 Å². The van der Waals surface area contributed by atoms with Crippen molar-refractivity contribution in [1.29, 1.82) is 5.26 Å². The number of aromatic nitrogens is 2. The SMILES string of the molecule is Cc1ccc(F)c(-c2nnc(C3(C#N)CC3)o2)c1. The van der Waals surface area contributed by atoms with Crippen LogP contribution in [0.25, 0.3) is 11.5 Å². The third-order valence-corrected chi connectivity index (χ3v) is 3.15. The first-order valence-corrected chi connectivity index (χ1v) is 5.66. The first-order chi connectivity index (χ1) is 8.64. The molecule has 0 unspecified atom stereocenters. The van der Waals surface area contributed by atoms with Crippen LogP contribution < -0.4 is 0 Å². The molecule has 0 bridgehead atoms. The van der Waals surface area contributed by atoms with Gasteiger partial charge in [-0.2, -0.15) is 5.26 Å². The molecular weight excluding hydrogens is 233 g/mol. The lowest BCUT2D eigenvalue weighted by Crippen LogP contribution is -2.02. The van der Waals surface area contributed by atoms with Crippen molar-refractivity contribution in [2.24, 2.45) is 0 Å². The molecule has 3 rings (SSSR count). The number of hydrogen-bond donors (Lipinski definition) is 0. The van der Waals surface area contributed by atoms with Gasteiger partial charge in [0, 0.05) is 0 Å². The number of benzene rings is 1. The van der Waals surface area contributed by atoms with Gasteiger partial charge in [0.2, 0.25) is 5.89 Å². The summed E-state index contributed by atoms with van der Waals surface area (Å²) in [6.07, 6.45) is 1.45. The van der Waals surface area contributed by atoms with Crippen LogP contribution in [0.5, 0.6) is 0 Å². The Morgan fingerprint density at radius 3 is 2.83 bits per heavy atom. The van der Waals surface area contributed by atoms with Crippen molar-refractivity contribution in [2.45, 2.75) is 25.2 Å². The molecule has 90 valence electrons. The molecule has 0 radical (unpaired) electrons. The van der Waals surface area contributed by atoms with Crippen LogP contribution in [0, 0.1) is 24.1 Å². The normalized spacial score (nSPS) is 16.3. The number of halogens is 1. The van der Waals surface area contributed by atoms with E-state index in [4.69, 9.17) is 9.68 Å². The van der Waals surface area contributed by atoms with E-state index in [9.17, 15) is 4.39 Å². The zero-order chi connectivity index (χ0) is 12.8. The number of nitriles is 1. The smallest absolute Gasteiger partial charge is 0.250 e. The highest BCUT2D eigenvalue weighted by Crippen LogP contribution is 2.47. The van der Waals surface area contributed by atoms with Crippen LogP contribution in [0.1, 0.15) is 24.3 Å². The molecule has 18 heavy (non-hydrogen) atoms. The maximum atomic E-state index is 13.7. The first kappa shape index (κ1) is 10.9. The summed E-state index contributed by atoms with van der Waals surface area (Å²) in [6.45, 7) is 1.86. The molecule has 0 spiro atoms. The van der Waals surface area contributed by atoms with E-state index in [1.165, 1.54) is 6.07 Å². The summed E-state index contributed by atoms with van der Waals surface area (Å²) in [5.41, 5.74) is 0.556. The van der Waals surface area contributed by atoms with E-state index in [0.29, 0.717) is 5.89 Å². The second-order valence-electron chi connectivity index (χ2n) is 4.59. The molecule has 1 heterocycles. The summed E-state index contributed by atoms with van der Waals surface area (Å²) in [6, 6.07) is 6.86. The molecule has 1 saturated carbocycles. The van der Waals surface area contributed by atoms with Gasteiger partial charge in [-0.3, -0.25) is 0 Å². The van der Waals surface area contributed by atoms with Crippen molar-refractivity contribution < 1.29 is 8.81 Å². The highest BCUT2D eigenvalue weighted by Gasteiger charge is 2.50. The molecule has 5 heteroatoms. The Balaban J connectivity index is 2.04. The van der Waals surface area contributed by atoms with Gasteiger partial charge in [-0.15, -0.1) is 10.2 Å². The maximum absolute atomic E-state index is 13.7. The van der Waals surface area contributed by atoms with Gasteiger partial charge in [0.1, 0.15) is 11.2 Å². The molecular formula is C13H10FN3O. The Hall–Kier alpha value is -2.22. The molecule has 0 saturated heterocycles. The van der Waals surface area contributed by atoms with Crippen molar-refractivity contribution >= 4 is 0 Å². The topological polar surface area (TPSA) is 62.7 Å². The largest absolute Gasteiger partial charge is 0.419 e. The van der Waals surface area contributed by atoms with E-state index in [1.54, 1.807) is 12.1 Å². The quantitative estimate of drug-likeness (QED) is 0.813. The van der Waals surface area contributed by atoms with Crippen LogP contribution in [-0.2, 0) is 5.41 Å². The Bertz CT molecular complexity index is 652. The standard InChI is InChI=1S/C13H10FN3O/c1-8-2-3-10(14)9(6-8)11-16-17-12(18-11)13(7-15)4-5-13/h2-3,6H,4-5H2,1H3. The summed E-state index contributed by atoms with van der Waals surface area (Å²) in [7, 11) is 0. The van der Waals surface area contributed by atoms with Crippen LogP contribution in [0.3, 0.4) is 0 Å². The summed E-state index contributed by atoms with van der Waals surface area (Å²) < 4.78 is 19.1. The van der Waals surface area contributed by atoms with E-state index in [2.05, 4.69) is 16.3 Å². The fourth-order valence-electron chi connectivity index (χ4n) is 1.83. The minimum Gasteiger partial charge on any atom is -0.419 e. The van der Waals surface area contributed by atoms with Gasteiger partial charge in [-0.1, -0.05) is 11.6 Å². The molecule has 1 aromatic heterocycles. The summed E-state index contributed by atoms with van der Waals surface area (Å²) in [5, 5.41) is 16.7. The van der Waals surface area contributed by atoms with Gasteiger partial charge < -0.3 is 4.42 Å². The Labute approximate surface area is 103 Å². The van der Waals surface area contributed by atoms with Gasteiger partial charge in [0.25, 0.3) is 5.89 Å². The molecule has 1 fully saturated rings. The first-order valence-electron chi connectivity index (χ1n) is 5.66. The molecule has 1 aromatic carbocycles. The summed E-state index contributed by atoms with van der Waals surface area (Å²) in [5.74, 6) is 0.0197. The number of aryl methyl sites for hydroxylation is 1. The van der Waals surface area contributed by atoms with Crippen molar-refractivity contribution in [3.63, 3.8) is 0 Å². The second-order valence-corrected chi connectivity index (χ2v) is 4.59. The molecule has 2 aromatic rings. The molecule has 4 nitrogen and oxygen atoms in total. The zero-order valence-corrected chi connectivity index (χ0v) is 9.77. The van der Waals surface area contributed by atoms with E-state index in [1.807, 2.05) is 6.92 Å². The average molecular weight is 243 g/mol. The van der Waals surface area contributed by atoms with Gasteiger partial charge in [0.15, 0.2) is 0 Å². The molecule has 0 N–H and O–H groups in total. The van der Waals surface area contributed by atoms with Crippen molar-refractivity contribution in [3.05, 3.63) is 35.5 Å². The highest BCUT2D eigenvalue weighted by atomic mass is 19.1. The Kier molecular flexibility index (Phi) is 2.20. The highest BCUT2D eigenvalue weighted by molar-refractivity contribution is 5.55. The lowest BCUT2D eigenvalue weighted by molar-refractivity contribution is 0.478. The predicted molar refractivity (Wildman–Crippen MR) is 61.0 cm³/mol. The maximum Gasteiger partial charge on any atom is 0.250 e. The van der Waals surface area contributed by atoms with Crippen molar-refractivity contribution in [2.75, 3.05) is 0 Å². The summed E-state index contributed by atoms with van der Waals surface area (Å²) >= 11 is 0. The number of nitrogens with zero attached hydrogens (tertiary/aromatic N) is 3. The Morgan fingerprint density at radius 1 is 1.39 bits per heavy atom. The third kappa shape index (κ3) is 1.58. The summed E-state index contributed by atoms with van der Waals surface area (Å²) in [4.78, 5) is 0. The minimum atomic E-state index is -0.633. The molecule has 1 aliphatic rings. The van der Waals surface area contributed by atoms with Gasteiger partial charge in [-0.25, -0.2) is 4.39 Å². The van der Waals surface area contributed by atoms with Gasteiger partial charge in [0.05, 0.1) is 11.6 Å². The molecule has 1 aliphatic carbocycles. The monoisotopic (exact) mass is 243 g/mol. The van der Waals surface area contributed by atoms with E-state index >= 15 is 0 Å². The second kappa shape index (κ2) is 3.64. The van der Waals surface area contributed by atoms with Crippen LogP contribution in [0.4, 0.5) is 4.39 Å². The molecule has 0 aliphatic heterocycles. The fraction of sp³-hybridized carbons (Fsp3) is 0.308. The minimum absolute atomic E-state index is 0.132. The van der Waals surface area contributed by atoms with Gasteiger partial charge >= 0.3 is 0 Å². The van der Waals surface area contributed by atoms with E-state index in [-0.39, 0.29) is 11.5 Å². The van der Waals surface area contributed by atoms with Crippen molar-refractivity contribution in [3.8, 4) is 17.5 Å². The fourth-order valence-corrected chi connectivity index (χ4v) is 1.83. The molecule has 0 amide bonds. The molecule has 0 atom stereocenters. The van der Waals surface area contributed by atoms with Crippen LogP contribution in [0.2, 0.25) is 0 Å². The van der Waals surface area contributed by atoms with Gasteiger partial charge in [-0.05, 0) is 31.9 Å². The lowest BCUT2D eigenvalue weighted by Gasteiger charge is -2.00. The van der Waals surface area contributed by atoms with Crippen LogP contribution in [0.15, 0.2) is 22.6 Å². The predicted octanol–water partition coefficient (Wildman–Crippen LogP) is 2.74.